The minimum absolute atomic E-state index is 0.0237. The maximum absolute atomic E-state index is 13.1. The molecule has 1 rings (SSSR count). The number of allylic oxidation sites excluding steroid dienone is 12. The number of carbonyl (C=O) groups is 3. The van der Waals surface area contributed by atoms with Crippen molar-refractivity contribution in [1.82, 2.24) is 20.9 Å². The highest BCUT2D eigenvalue weighted by atomic mass is 33.1. The maximum atomic E-state index is 13.1. The van der Waals surface area contributed by atoms with Gasteiger partial charge in [-0.2, -0.15) is 0 Å². The predicted molar refractivity (Wildman–Crippen MR) is 206 cm³/mol. The highest BCUT2D eigenvalue weighted by molar-refractivity contribution is 8.77. The van der Waals surface area contributed by atoms with Gasteiger partial charge in [-0.05, 0) is 70.9 Å². The summed E-state index contributed by atoms with van der Waals surface area (Å²) in [6.45, 7) is 5.39. The van der Waals surface area contributed by atoms with E-state index >= 15 is 0 Å². The van der Waals surface area contributed by atoms with E-state index in [1.54, 1.807) is 18.3 Å². The molecule has 9 nitrogen and oxygen atoms in total. The molecule has 0 bridgehead atoms. The van der Waals surface area contributed by atoms with Crippen LogP contribution < -0.4 is 16.0 Å². The van der Waals surface area contributed by atoms with Crippen molar-refractivity contribution in [1.29, 1.82) is 0 Å². The Hall–Kier alpha value is -3.38. The van der Waals surface area contributed by atoms with E-state index in [-0.39, 0.29) is 5.91 Å². The second-order valence-electron chi connectivity index (χ2n) is 11.5. The molecule has 1 heterocycles. The largest absolute Gasteiger partial charge is 0.394 e. The fourth-order valence-electron chi connectivity index (χ4n) is 4.12. The van der Waals surface area contributed by atoms with Crippen LogP contribution in [0.3, 0.4) is 0 Å². The van der Waals surface area contributed by atoms with Crippen LogP contribution in [0.15, 0.2) is 97.4 Å². The van der Waals surface area contributed by atoms with E-state index in [9.17, 15) is 24.6 Å². The number of hydrogen-bond donors (Lipinski definition) is 5. The molecule has 3 amide bonds. The lowest BCUT2D eigenvalue weighted by atomic mass is 10.0. The third kappa shape index (κ3) is 22.1. The van der Waals surface area contributed by atoms with Gasteiger partial charge >= 0.3 is 0 Å². The molecule has 0 aliphatic rings. The summed E-state index contributed by atoms with van der Waals surface area (Å²) in [7, 11) is 2.89. The predicted octanol–water partition coefficient (Wildman–Crippen LogP) is 6.40. The smallest absolute Gasteiger partial charge is 0.253 e. The molecule has 5 N–H and O–H groups in total. The third-order valence-electron chi connectivity index (χ3n) is 6.86. The number of aliphatic hydroxyl groups is 2. The molecular weight excluding hydrogens is 657 g/mol. The first-order valence-electron chi connectivity index (χ1n) is 16.9. The Labute approximate surface area is 301 Å². The summed E-state index contributed by atoms with van der Waals surface area (Å²) in [6, 6.07) is 1.41. The lowest BCUT2D eigenvalue weighted by Crippen LogP contribution is -2.58. The van der Waals surface area contributed by atoms with E-state index in [1.165, 1.54) is 27.8 Å². The topological polar surface area (TPSA) is 141 Å². The molecule has 1 aromatic heterocycles. The number of pyridine rings is 1. The fourth-order valence-corrected chi connectivity index (χ4v) is 6.65. The molecule has 0 saturated carbocycles. The van der Waals surface area contributed by atoms with Crippen LogP contribution in [0, 0.1) is 0 Å². The van der Waals surface area contributed by atoms with Crippen LogP contribution in [0.1, 0.15) is 82.5 Å². The van der Waals surface area contributed by atoms with Crippen molar-refractivity contribution in [2.45, 2.75) is 89.0 Å². The number of rotatable bonds is 26. The first-order chi connectivity index (χ1) is 23.7. The highest BCUT2D eigenvalue weighted by Gasteiger charge is 2.38. The first-order valence-corrected chi connectivity index (χ1v) is 19.3. The van der Waals surface area contributed by atoms with E-state index in [0.29, 0.717) is 30.7 Å². The normalized spacial score (nSPS) is 13.2. The van der Waals surface area contributed by atoms with Gasteiger partial charge in [0.1, 0.15) is 6.04 Å². The van der Waals surface area contributed by atoms with E-state index < -0.39 is 41.9 Å². The molecule has 0 aliphatic heterocycles. The van der Waals surface area contributed by atoms with E-state index in [0.717, 1.165) is 38.5 Å². The van der Waals surface area contributed by atoms with Crippen molar-refractivity contribution in [3.63, 3.8) is 0 Å². The second kappa shape index (κ2) is 28.5. The van der Waals surface area contributed by atoms with Gasteiger partial charge in [0.2, 0.25) is 11.8 Å². The van der Waals surface area contributed by atoms with Crippen LogP contribution in [0.5, 0.6) is 0 Å². The summed E-state index contributed by atoms with van der Waals surface area (Å²) < 4.78 is -0.776. The van der Waals surface area contributed by atoms with E-state index in [1.807, 2.05) is 19.9 Å². The van der Waals surface area contributed by atoms with Gasteiger partial charge in [-0.15, -0.1) is 0 Å². The zero-order chi connectivity index (χ0) is 36.0. The quantitative estimate of drug-likeness (QED) is 0.0422. The molecule has 1 atom stereocenters. The zero-order valence-electron chi connectivity index (χ0n) is 29.3. The monoisotopic (exact) mass is 712 g/mol. The Morgan fingerprint density at radius 1 is 0.837 bits per heavy atom. The van der Waals surface area contributed by atoms with Crippen LogP contribution in [0.25, 0.3) is 0 Å². The average Bonchev–Trinajstić information content (AvgIpc) is 3.10. The summed E-state index contributed by atoms with van der Waals surface area (Å²) in [5, 5.41) is 27.1. The number of aromatic nitrogens is 1. The molecule has 0 aromatic carbocycles. The van der Waals surface area contributed by atoms with Crippen LogP contribution in [0.4, 0.5) is 0 Å². The van der Waals surface area contributed by atoms with Crippen molar-refractivity contribution in [3.8, 4) is 0 Å². The summed E-state index contributed by atoms with van der Waals surface area (Å²) in [5.74, 6) is -0.410. The van der Waals surface area contributed by atoms with Crippen molar-refractivity contribution < 1.29 is 24.6 Å². The lowest BCUT2D eigenvalue weighted by Gasteiger charge is -2.33. The van der Waals surface area contributed by atoms with Crippen LogP contribution >= 0.6 is 21.6 Å². The number of hydrogen-bond acceptors (Lipinski definition) is 8. The van der Waals surface area contributed by atoms with Gasteiger partial charge in [0.15, 0.2) is 0 Å². The Morgan fingerprint density at radius 3 is 1.90 bits per heavy atom. The van der Waals surface area contributed by atoms with Gasteiger partial charge in [0, 0.05) is 35.9 Å². The Kier molecular flexibility index (Phi) is 25.3. The molecule has 0 saturated heterocycles. The van der Waals surface area contributed by atoms with E-state index in [4.69, 9.17) is 0 Å². The summed E-state index contributed by atoms with van der Waals surface area (Å²) >= 11 is 0. The molecule has 49 heavy (non-hydrogen) atoms. The third-order valence-corrected chi connectivity index (χ3v) is 10.2. The van der Waals surface area contributed by atoms with Gasteiger partial charge in [-0.3, -0.25) is 19.4 Å². The van der Waals surface area contributed by atoms with Crippen LogP contribution in [-0.4, -0.2) is 75.3 Å². The maximum Gasteiger partial charge on any atom is 0.253 e. The first kappa shape index (κ1) is 43.6. The van der Waals surface area contributed by atoms with Gasteiger partial charge in [-0.1, -0.05) is 101 Å². The molecular formula is C38H56N4O5S2. The van der Waals surface area contributed by atoms with Crippen LogP contribution in [0.2, 0.25) is 0 Å². The number of carbonyl (C=O) groups excluding carboxylic acids is 3. The zero-order valence-corrected chi connectivity index (χ0v) is 30.9. The Morgan fingerprint density at radius 2 is 1.39 bits per heavy atom. The standard InChI is InChI=1S/C38H56N4O5S2/c1-4-5-6-7-8-9-10-11-12-13-14-15-16-17-18-19-20-21-22-25-34(45)40-27-28-48-49-38(2,3)35(37(47)41-33(30-43)31-44)42-36(46)32-24-23-26-39-29-32/h5-6,8-9,11-12,14-15,17-18,20-21,23-24,26,29,33,35,43-44H,4,7,10,13,16,19,22,25,27-28,30-31H2,1-3H3,(H,40,45)(H,41,47)(H,42,46)/b6-5-,9-8-,12-11-,15-14-,18-17-,21-20-. The van der Waals surface area contributed by atoms with Crippen molar-refractivity contribution in [2.24, 2.45) is 0 Å². The number of aliphatic hydroxyl groups excluding tert-OH is 2. The van der Waals surface area contributed by atoms with Crippen molar-refractivity contribution in [3.05, 3.63) is 103 Å². The minimum atomic E-state index is -0.978. The van der Waals surface area contributed by atoms with Crippen LogP contribution in [-0.2, 0) is 9.59 Å². The SMILES string of the molecule is CC/C=C\C/C=C\C/C=C\C/C=C\C/C=C\C/C=C\CCC(=O)NCCSSC(C)(C)C(NC(=O)c1cccnc1)C(=O)NC(CO)CO. The molecule has 1 unspecified atom stereocenters. The average molecular weight is 713 g/mol. The molecule has 1 aromatic rings. The molecule has 11 heteroatoms. The summed E-state index contributed by atoms with van der Waals surface area (Å²) in [6.07, 6.45) is 35.6. The van der Waals surface area contributed by atoms with E-state index in [2.05, 4.69) is 94.7 Å². The molecule has 0 spiro atoms. The fraction of sp³-hybridized carbons (Fsp3) is 0.474. The number of nitrogens with one attached hydrogen (secondary N) is 3. The minimum Gasteiger partial charge on any atom is -0.394 e. The lowest BCUT2D eigenvalue weighted by molar-refractivity contribution is -0.125. The van der Waals surface area contributed by atoms with Gasteiger partial charge in [0.05, 0.1) is 24.8 Å². The number of nitrogens with zero attached hydrogens (tertiary/aromatic N) is 1. The Balaban J connectivity index is 2.30. The number of amides is 3. The highest BCUT2D eigenvalue weighted by Crippen LogP contribution is 2.38. The molecule has 0 fully saturated rings. The van der Waals surface area contributed by atoms with Gasteiger partial charge < -0.3 is 26.2 Å². The summed E-state index contributed by atoms with van der Waals surface area (Å²) in [5.41, 5.74) is 0.307. The van der Waals surface area contributed by atoms with Gasteiger partial charge in [-0.25, -0.2) is 0 Å². The molecule has 270 valence electrons. The molecule has 0 radical (unpaired) electrons. The second-order valence-corrected chi connectivity index (χ2v) is 14.6. The Bertz CT molecular complexity index is 1240. The van der Waals surface area contributed by atoms with Crippen molar-refractivity contribution >= 4 is 39.3 Å². The molecule has 0 aliphatic carbocycles. The van der Waals surface area contributed by atoms with Crippen molar-refractivity contribution in [2.75, 3.05) is 25.5 Å². The van der Waals surface area contributed by atoms with Gasteiger partial charge in [0.25, 0.3) is 5.91 Å². The summed E-state index contributed by atoms with van der Waals surface area (Å²) in [4.78, 5) is 42.2.